The predicted molar refractivity (Wildman–Crippen MR) is 86.8 cm³/mol. The van der Waals surface area contributed by atoms with Crippen molar-refractivity contribution in [1.82, 2.24) is 0 Å². The molecule has 0 aromatic heterocycles. The lowest BCUT2D eigenvalue weighted by molar-refractivity contribution is 0.328. The molecule has 0 saturated heterocycles. The molecule has 3 nitrogen and oxygen atoms in total. The summed E-state index contributed by atoms with van der Waals surface area (Å²) in [6.07, 6.45) is 3.82. The zero-order valence-corrected chi connectivity index (χ0v) is 14.4. The zero-order valence-electron chi connectivity index (χ0n) is 13.4. The molecule has 1 aromatic carbocycles. The Morgan fingerprint density at radius 2 is 1.90 bits per heavy atom. The van der Waals surface area contributed by atoms with Gasteiger partial charge in [0.15, 0.2) is 8.32 Å². The number of ether oxygens (including phenoxy) is 1. The highest BCUT2D eigenvalue weighted by Crippen LogP contribution is 2.36. The fourth-order valence-corrected chi connectivity index (χ4v) is 2.39. The lowest BCUT2D eigenvalue weighted by Crippen LogP contribution is -2.40. The Kier molecular flexibility index (Phi) is 5.42. The Bertz CT molecular complexity index is 473. The van der Waals surface area contributed by atoms with E-state index in [0.29, 0.717) is 12.4 Å². The van der Waals surface area contributed by atoms with Gasteiger partial charge < -0.3 is 14.3 Å². The maximum absolute atomic E-state index is 9.85. The number of benzene rings is 1. The van der Waals surface area contributed by atoms with E-state index >= 15 is 0 Å². The van der Waals surface area contributed by atoms with Crippen molar-refractivity contribution in [2.45, 2.75) is 38.9 Å². The van der Waals surface area contributed by atoms with Crippen molar-refractivity contribution in [3.8, 4) is 11.5 Å². The highest BCUT2D eigenvalue weighted by molar-refractivity contribution is 6.74. The van der Waals surface area contributed by atoms with Crippen LogP contribution in [0.2, 0.25) is 18.1 Å². The van der Waals surface area contributed by atoms with Crippen molar-refractivity contribution < 1.29 is 14.3 Å². The molecule has 0 aliphatic heterocycles. The molecule has 1 N–H and O–H groups in total. The van der Waals surface area contributed by atoms with E-state index in [2.05, 4.69) is 33.9 Å². The molecule has 0 fully saturated rings. The Morgan fingerprint density at radius 3 is 2.40 bits per heavy atom. The smallest absolute Gasteiger partial charge is 0.192 e. The Hall–Kier alpha value is -1.26. The van der Waals surface area contributed by atoms with E-state index in [4.69, 9.17) is 9.16 Å². The van der Waals surface area contributed by atoms with Crippen molar-refractivity contribution in [2.75, 3.05) is 13.7 Å². The lowest BCUT2D eigenvalue weighted by atomic mass is 10.2. The number of methoxy groups -OCH3 is 1. The maximum atomic E-state index is 9.85. The first kappa shape index (κ1) is 16.8. The fourth-order valence-electron chi connectivity index (χ4n) is 1.44. The molecule has 1 aromatic rings. The number of phenols is 1. The summed E-state index contributed by atoms with van der Waals surface area (Å²) < 4.78 is 11.1. The van der Waals surface area contributed by atoms with E-state index in [0.717, 1.165) is 5.56 Å². The lowest BCUT2D eigenvalue weighted by Gasteiger charge is -2.35. The molecule has 0 amide bonds. The topological polar surface area (TPSA) is 38.7 Å². The highest BCUT2D eigenvalue weighted by Gasteiger charge is 2.36. The van der Waals surface area contributed by atoms with Crippen molar-refractivity contribution in [3.63, 3.8) is 0 Å². The molecule has 0 radical (unpaired) electrons. The summed E-state index contributed by atoms with van der Waals surface area (Å²) in [5, 5.41) is 10.1. The second-order valence-corrected chi connectivity index (χ2v) is 11.2. The Balaban J connectivity index is 2.62. The molecule has 0 heterocycles. The Labute approximate surface area is 123 Å². The van der Waals surface area contributed by atoms with Gasteiger partial charge in [0.1, 0.15) is 11.5 Å². The van der Waals surface area contributed by atoms with Crippen LogP contribution in [0.1, 0.15) is 26.3 Å². The van der Waals surface area contributed by atoms with Crippen molar-refractivity contribution in [2.24, 2.45) is 0 Å². The summed E-state index contributed by atoms with van der Waals surface area (Å²) >= 11 is 0. The van der Waals surface area contributed by atoms with Gasteiger partial charge in [-0.1, -0.05) is 32.9 Å². The van der Waals surface area contributed by atoms with E-state index in [-0.39, 0.29) is 10.8 Å². The summed E-state index contributed by atoms with van der Waals surface area (Å²) in [6.45, 7) is 11.7. The van der Waals surface area contributed by atoms with Gasteiger partial charge in [-0.2, -0.15) is 0 Å². The molecule has 0 bridgehead atoms. The maximum Gasteiger partial charge on any atom is 0.192 e. The van der Waals surface area contributed by atoms with Gasteiger partial charge in [0.2, 0.25) is 0 Å². The summed E-state index contributed by atoms with van der Waals surface area (Å²) in [5.74, 6) is 0.866. The monoisotopic (exact) mass is 294 g/mol. The van der Waals surface area contributed by atoms with Crippen molar-refractivity contribution in [1.29, 1.82) is 0 Å². The first-order valence-corrected chi connectivity index (χ1v) is 9.76. The van der Waals surface area contributed by atoms with Crippen LogP contribution in [0.25, 0.3) is 6.08 Å². The van der Waals surface area contributed by atoms with Gasteiger partial charge in [0.05, 0.1) is 13.7 Å². The van der Waals surface area contributed by atoms with Gasteiger partial charge in [-0.3, -0.25) is 0 Å². The minimum Gasteiger partial charge on any atom is -0.507 e. The van der Waals surface area contributed by atoms with E-state index < -0.39 is 8.32 Å². The van der Waals surface area contributed by atoms with Crippen LogP contribution in [0.4, 0.5) is 0 Å². The third kappa shape index (κ3) is 4.39. The number of rotatable bonds is 5. The van der Waals surface area contributed by atoms with Crippen LogP contribution < -0.4 is 4.74 Å². The van der Waals surface area contributed by atoms with Crippen LogP contribution in [-0.2, 0) is 4.43 Å². The van der Waals surface area contributed by atoms with Crippen LogP contribution in [-0.4, -0.2) is 27.1 Å². The predicted octanol–water partition coefficient (Wildman–Crippen LogP) is 4.44. The SMILES string of the molecule is COc1ccc(/C=C\CO[Si](C)(C)C(C)(C)C)c(O)c1. The first-order chi connectivity index (χ1) is 9.17. The summed E-state index contributed by atoms with van der Waals surface area (Å²) in [4.78, 5) is 0. The van der Waals surface area contributed by atoms with Crippen LogP contribution in [0, 0.1) is 0 Å². The van der Waals surface area contributed by atoms with Crippen molar-refractivity contribution in [3.05, 3.63) is 29.8 Å². The summed E-state index contributed by atoms with van der Waals surface area (Å²) in [7, 11) is -0.124. The van der Waals surface area contributed by atoms with Gasteiger partial charge in [-0.25, -0.2) is 0 Å². The standard InChI is InChI=1S/C16H26O3Si/c1-16(2,3)20(5,6)19-11-7-8-13-9-10-14(18-4)12-15(13)17/h7-10,12,17H,11H2,1-6H3/b8-7-. The van der Waals surface area contributed by atoms with Gasteiger partial charge in [0.25, 0.3) is 0 Å². The molecule has 20 heavy (non-hydrogen) atoms. The van der Waals surface area contributed by atoms with E-state index in [9.17, 15) is 5.11 Å². The molecule has 4 heteroatoms. The average Bonchev–Trinajstić information content (AvgIpc) is 2.34. The van der Waals surface area contributed by atoms with Crippen LogP contribution in [0.5, 0.6) is 11.5 Å². The molecule has 0 spiro atoms. The van der Waals surface area contributed by atoms with Gasteiger partial charge in [-0.15, -0.1) is 0 Å². The molecular weight excluding hydrogens is 268 g/mol. The van der Waals surface area contributed by atoms with Crippen LogP contribution in [0.3, 0.4) is 0 Å². The molecule has 0 aliphatic carbocycles. The number of aromatic hydroxyl groups is 1. The first-order valence-electron chi connectivity index (χ1n) is 6.85. The second-order valence-electron chi connectivity index (χ2n) is 6.40. The summed E-state index contributed by atoms with van der Waals surface area (Å²) in [6, 6.07) is 5.26. The third-order valence-electron chi connectivity index (χ3n) is 3.88. The third-order valence-corrected chi connectivity index (χ3v) is 8.38. The van der Waals surface area contributed by atoms with Gasteiger partial charge in [0, 0.05) is 11.6 Å². The van der Waals surface area contributed by atoms with Crippen LogP contribution in [0.15, 0.2) is 24.3 Å². The molecule has 0 aliphatic rings. The normalized spacial score (nSPS) is 12.9. The summed E-state index contributed by atoms with van der Waals surface area (Å²) in [5.41, 5.74) is 0.768. The Morgan fingerprint density at radius 1 is 1.25 bits per heavy atom. The van der Waals surface area contributed by atoms with Gasteiger partial charge in [-0.05, 0) is 30.3 Å². The molecule has 0 atom stereocenters. The minimum absolute atomic E-state index is 0.211. The largest absolute Gasteiger partial charge is 0.507 e. The molecule has 0 saturated carbocycles. The highest BCUT2D eigenvalue weighted by atomic mass is 28.4. The van der Waals surface area contributed by atoms with Crippen LogP contribution >= 0.6 is 0 Å². The molecule has 112 valence electrons. The number of hydrogen-bond acceptors (Lipinski definition) is 3. The zero-order chi connectivity index (χ0) is 15.4. The van der Waals surface area contributed by atoms with E-state index in [1.54, 1.807) is 13.2 Å². The average molecular weight is 294 g/mol. The molecular formula is C16H26O3Si. The van der Waals surface area contributed by atoms with Gasteiger partial charge >= 0.3 is 0 Å². The van der Waals surface area contributed by atoms with E-state index in [1.807, 2.05) is 24.3 Å². The number of phenolic OH excluding ortho intramolecular Hbond substituents is 1. The second kappa shape index (κ2) is 6.46. The van der Waals surface area contributed by atoms with Crippen molar-refractivity contribution >= 4 is 14.4 Å². The quantitative estimate of drug-likeness (QED) is 0.816. The molecule has 1 rings (SSSR count). The fraction of sp³-hybridized carbons (Fsp3) is 0.500. The molecule has 0 unspecified atom stereocenters. The minimum atomic E-state index is -1.71. The number of hydrogen-bond donors (Lipinski definition) is 1. The van der Waals surface area contributed by atoms with E-state index in [1.165, 1.54) is 0 Å².